The van der Waals surface area contributed by atoms with Crippen LogP contribution in [0.15, 0.2) is 42.7 Å². The van der Waals surface area contributed by atoms with Gasteiger partial charge in [0, 0.05) is 32.0 Å². The molecule has 0 unspecified atom stereocenters. The number of nitriles is 1. The van der Waals surface area contributed by atoms with Crippen LogP contribution in [0.3, 0.4) is 0 Å². The van der Waals surface area contributed by atoms with Gasteiger partial charge >= 0.3 is 0 Å². The van der Waals surface area contributed by atoms with Gasteiger partial charge in [-0.1, -0.05) is 12.1 Å². The molecule has 1 fully saturated rings. The Morgan fingerprint density at radius 3 is 2.67 bits per heavy atom. The number of hydrogen-bond acceptors (Lipinski definition) is 3. The Kier molecular flexibility index (Phi) is 2.83. The number of nitrogens with zero attached hydrogens (tertiary/aromatic N) is 4. The first kappa shape index (κ1) is 11.0. The minimum atomic E-state index is 0.512. The molecule has 1 aliphatic rings. The third kappa shape index (κ3) is 2.13. The second-order valence-corrected chi connectivity index (χ2v) is 4.64. The molecule has 0 radical (unpaired) electrons. The van der Waals surface area contributed by atoms with Gasteiger partial charge in [0.1, 0.15) is 0 Å². The van der Waals surface area contributed by atoms with Gasteiger partial charge in [-0.05, 0) is 23.8 Å². The van der Waals surface area contributed by atoms with Crippen molar-refractivity contribution < 1.29 is 0 Å². The fraction of sp³-hybridized carbons (Fsp3) is 0.286. The van der Waals surface area contributed by atoms with Crippen molar-refractivity contribution in [2.75, 3.05) is 13.1 Å². The second kappa shape index (κ2) is 4.63. The Bertz CT molecular complexity index is 544. The molecular weight excluding hydrogens is 224 g/mol. The monoisotopic (exact) mass is 238 g/mol. The lowest BCUT2D eigenvalue weighted by atomic mass is 10.1. The minimum absolute atomic E-state index is 0.512. The molecule has 90 valence electrons. The van der Waals surface area contributed by atoms with Crippen LogP contribution in [0.1, 0.15) is 17.2 Å². The third-order valence-corrected chi connectivity index (χ3v) is 3.33. The highest BCUT2D eigenvalue weighted by atomic mass is 15.4. The Morgan fingerprint density at radius 2 is 2.06 bits per heavy atom. The molecule has 18 heavy (non-hydrogen) atoms. The zero-order valence-electron chi connectivity index (χ0n) is 10.0. The Balaban J connectivity index is 1.55. The molecule has 1 aliphatic heterocycles. The highest BCUT2D eigenvalue weighted by Crippen LogP contribution is 2.22. The molecule has 0 spiro atoms. The summed E-state index contributed by atoms with van der Waals surface area (Å²) in [6, 6.07) is 12.4. The lowest BCUT2D eigenvalue weighted by molar-refractivity contribution is 0.0909. The first-order valence-electron chi connectivity index (χ1n) is 6.05. The zero-order valence-corrected chi connectivity index (χ0v) is 10.0. The lowest BCUT2D eigenvalue weighted by Gasteiger charge is -2.39. The van der Waals surface area contributed by atoms with Crippen LogP contribution in [-0.4, -0.2) is 27.8 Å². The average molecular weight is 238 g/mol. The van der Waals surface area contributed by atoms with Crippen molar-refractivity contribution in [3.05, 3.63) is 53.9 Å². The molecule has 2 heterocycles. The summed E-state index contributed by atoms with van der Waals surface area (Å²) in [6.07, 6.45) is 3.84. The van der Waals surface area contributed by atoms with Gasteiger partial charge in [0.15, 0.2) is 0 Å². The topological polar surface area (TPSA) is 44.9 Å². The van der Waals surface area contributed by atoms with Crippen LogP contribution in [0.2, 0.25) is 0 Å². The molecule has 1 aromatic carbocycles. The zero-order chi connectivity index (χ0) is 12.4. The number of benzene rings is 1. The van der Waals surface area contributed by atoms with E-state index in [1.165, 1.54) is 5.56 Å². The molecular formula is C14H14N4. The first-order valence-corrected chi connectivity index (χ1v) is 6.05. The van der Waals surface area contributed by atoms with Crippen LogP contribution in [-0.2, 0) is 6.54 Å². The van der Waals surface area contributed by atoms with E-state index < -0.39 is 0 Å². The molecule has 1 saturated heterocycles. The standard InChI is InChI=1S/C14H14N4/c15-8-12-2-4-13(5-3-12)9-17-10-14(11-17)18-7-1-6-16-18/h1-7,14H,9-11H2. The SMILES string of the molecule is N#Cc1ccc(CN2CC(n3cccn3)C2)cc1. The van der Waals surface area contributed by atoms with Gasteiger partial charge in [-0.25, -0.2) is 0 Å². The Hall–Kier alpha value is -2.12. The fourth-order valence-electron chi connectivity index (χ4n) is 2.28. The molecule has 0 bridgehead atoms. The second-order valence-electron chi connectivity index (χ2n) is 4.64. The highest BCUT2D eigenvalue weighted by molar-refractivity contribution is 5.31. The van der Waals surface area contributed by atoms with E-state index in [2.05, 4.69) is 16.1 Å². The van der Waals surface area contributed by atoms with Crippen molar-refractivity contribution in [1.82, 2.24) is 14.7 Å². The molecule has 4 heteroatoms. The maximum atomic E-state index is 8.74. The van der Waals surface area contributed by atoms with Crippen molar-refractivity contribution in [2.45, 2.75) is 12.6 Å². The van der Waals surface area contributed by atoms with E-state index in [9.17, 15) is 0 Å². The summed E-state index contributed by atoms with van der Waals surface area (Å²) in [7, 11) is 0. The van der Waals surface area contributed by atoms with E-state index in [0.29, 0.717) is 6.04 Å². The van der Waals surface area contributed by atoms with Gasteiger partial charge in [0.2, 0.25) is 0 Å². The van der Waals surface area contributed by atoms with Gasteiger partial charge in [0.05, 0.1) is 17.7 Å². The summed E-state index contributed by atoms with van der Waals surface area (Å²) in [4.78, 5) is 2.38. The van der Waals surface area contributed by atoms with E-state index in [4.69, 9.17) is 5.26 Å². The van der Waals surface area contributed by atoms with E-state index in [1.54, 1.807) is 0 Å². The maximum absolute atomic E-state index is 8.74. The van der Waals surface area contributed by atoms with Crippen molar-refractivity contribution in [2.24, 2.45) is 0 Å². The van der Waals surface area contributed by atoms with E-state index in [1.807, 2.05) is 47.4 Å². The molecule has 2 aromatic rings. The third-order valence-electron chi connectivity index (χ3n) is 3.33. The van der Waals surface area contributed by atoms with Crippen molar-refractivity contribution >= 4 is 0 Å². The average Bonchev–Trinajstić information content (AvgIpc) is 2.87. The smallest absolute Gasteiger partial charge is 0.0991 e. The van der Waals surface area contributed by atoms with Crippen LogP contribution >= 0.6 is 0 Å². The summed E-state index contributed by atoms with van der Waals surface area (Å²) in [5, 5.41) is 13.0. The van der Waals surface area contributed by atoms with Crippen molar-refractivity contribution in [3.63, 3.8) is 0 Å². The summed E-state index contributed by atoms with van der Waals surface area (Å²) >= 11 is 0. The molecule has 0 N–H and O–H groups in total. The quantitative estimate of drug-likeness (QED) is 0.819. The number of aromatic nitrogens is 2. The minimum Gasteiger partial charge on any atom is -0.295 e. The molecule has 0 amide bonds. The summed E-state index contributed by atoms with van der Waals surface area (Å²) in [6.45, 7) is 3.03. The van der Waals surface area contributed by atoms with Gasteiger partial charge < -0.3 is 0 Å². The van der Waals surface area contributed by atoms with Crippen LogP contribution < -0.4 is 0 Å². The highest BCUT2D eigenvalue weighted by Gasteiger charge is 2.27. The van der Waals surface area contributed by atoms with Crippen molar-refractivity contribution in [1.29, 1.82) is 5.26 Å². The van der Waals surface area contributed by atoms with E-state index >= 15 is 0 Å². The molecule has 0 saturated carbocycles. The molecule has 3 rings (SSSR count). The molecule has 0 aliphatic carbocycles. The number of rotatable bonds is 3. The van der Waals surface area contributed by atoms with Crippen LogP contribution in [0.4, 0.5) is 0 Å². The number of likely N-dealkylation sites (tertiary alicyclic amines) is 1. The van der Waals surface area contributed by atoms with E-state index in [0.717, 1.165) is 25.2 Å². The van der Waals surface area contributed by atoms with Gasteiger partial charge in [-0.3, -0.25) is 9.58 Å². The summed E-state index contributed by atoms with van der Waals surface area (Å²) < 4.78 is 2.02. The lowest BCUT2D eigenvalue weighted by Crippen LogP contribution is -2.47. The van der Waals surface area contributed by atoms with Crippen LogP contribution in [0, 0.1) is 11.3 Å². The first-order chi connectivity index (χ1) is 8.85. The predicted molar refractivity (Wildman–Crippen MR) is 67.7 cm³/mol. The van der Waals surface area contributed by atoms with Gasteiger partial charge in [0.25, 0.3) is 0 Å². The Labute approximate surface area is 106 Å². The number of hydrogen-bond donors (Lipinski definition) is 0. The van der Waals surface area contributed by atoms with Crippen LogP contribution in [0.5, 0.6) is 0 Å². The Morgan fingerprint density at radius 1 is 1.28 bits per heavy atom. The fourth-order valence-corrected chi connectivity index (χ4v) is 2.28. The van der Waals surface area contributed by atoms with Gasteiger partial charge in [-0.15, -0.1) is 0 Å². The van der Waals surface area contributed by atoms with E-state index in [-0.39, 0.29) is 0 Å². The molecule has 4 nitrogen and oxygen atoms in total. The van der Waals surface area contributed by atoms with Gasteiger partial charge in [-0.2, -0.15) is 10.4 Å². The summed E-state index contributed by atoms with van der Waals surface area (Å²) in [5.41, 5.74) is 1.98. The van der Waals surface area contributed by atoms with Crippen molar-refractivity contribution in [3.8, 4) is 6.07 Å². The predicted octanol–water partition coefficient (Wildman–Crippen LogP) is 1.81. The molecule has 0 atom stereocenters. The maximum Gasteiger partial charge on any atom is 0.0991 e. The summed E-state index contributed by atoms with van der Waals surface area (Å²) in [5.74, 6) is 0. The largest absolute Gasteiger partial charge is 0.295 e. The molecule has 1 aromatic heterocycles. The van der Waals surface area contributed by atoms with Crippen LogP contribution in [0.25, 0.3) is 0 Å². The normalized spacial score (nSPS) is 16.2.